The van der Waals surface area contributed by atoms with Crippen molar-refractivity contribution < 1.29 is 4.74 Å². The summed E-state index contributed by atoms with van der Waals surface area (Å²) in [5.74, 6) is 0. The average molecular weight is 323 g/mol. The van der Waals surface area contributed by atoms with E-state index < -0.39 is 0 Å². The van der Waals surface area contributed by atoms with E-state index in [0.29, 0.717) is 6.61 Å². The molecule has 0 spiro atoms. The van der Waals surface area contributed by atoms with E-state index in [2.05, 4.69) is 11.4 Å². The molecule has 1 unspecified atom stereocenters. The highest BCUT2D eigenvalue weighted by atomic mass is 35.5. The minimum Gasteiger partial charge on any atom is -0.383 e. The Balaban J connectivity index is 1.87. The Morgan fingerprint density at radius 3 is 3.10 bits per heavy atom. The number of ether oxygens (including phenoxy) is 1. The molecule has 1 aromatic heterocycles. The van der Waals surface area contributed by atoms with Crippen LogP contribution in [0.1, 0.15) is 33.6 Å². The van der Waals surface area contributed by atoms with Gasteiger partial charge in [-0.1, -0.05) is 23.7 Å². The van der Waals surface area contributed by atoms with Crippen LogP contribution in [0.25, 0.3) is 0 Å². The van der Waals surface area contributed by atoms with Gasteiger partial charge in [0, 0.05) is 23.6 Å². The van der Waals surface area contributed by atoms with Crippen molar-refractivity contribution >= 4 is 22.9 Å². The van der Waals surface area contributed by atoms with Gasteiger partial charge in [-0.2, -0.15) is 0 Å². The molecule has 0 amide bonds. The van der Waals surface area contributed by atoms with Gasteiger partial charge in [0.15, 0.2) is 0 Å². The van der Waals surface area contributed by atoms with E-state index in [-0.39, 0.29) is 6.04 Å². The summed E-state index contributed by atoms with van der Waals surface area (Å²) in [5.41, 5.74) is 2.45. The number of hydrogen-bond acceptors (Lipinski definition) is 4. The van der Waals surface area contributed by atoms with Crippen LogP contribution in [-0.4, -0.2) is 25.2 Å². The topological polar surface area (TPSA) is 34.1 Å². The molecule has 3 nitrogen and oxygen atoms in total. The van der Waals surface area contributed by atoms with E-state index >= 15 is 0 Å². The van der Waals surface area contributed by atoms with Crippen LogP contribution in [-0.2, 0) is 17.6 Å². The van der Waals surface area contributed by atoms with Gasteiger partial charge in [0.1, 0.15) is 5.01 Å². The first-order valence-corrected chi connectivity index (χ1v) is 8.43. The number of nitrogens with one attached hydrogen (secondary N) is 1. The van der Waals surface area contributed by atoms with Crippen LogP contribution >= 0.6 is 22.9 Å². The van der Waals surface area contributed by atoms with Crippen molar-refractivity contribution in [3.8, 4) is 0 Å². The van der Waals surface area contributed by atoms with Crippen molar-refractivity contribution in [2.45, 2.75) is 25.3 Å². The van der Waals surface area contributed by atoms with Crippen molar-refractivity contribution in [3.63, 3.8) is 0 Å². The molecule has 0 radical (unpaired) electrons. The summed E-state index contributed by atoms with van der Waals surface area (Å²) in [4.78, 5) is 6.30. The van der Waals surface area contributed by atoms with Crippen LogP contribution in [0.5, 0.6) is 0 Å². The van der Waals surface area contributed by atoms with E-state index in [9.17, 15) is 0 Å². The van der Waals surface area contributed by atoms with Gasteiger partial charge in [0.05, 0.1) is 18.3 Å². The number of fused-ring (bicyclic) bond motifs is 1. The molecule has 0 saturated carbocycles. The van der Waals surface area contributed by atoms with Crippen LogP contribution in [0.15, 0.2) is 24.3 Å². The van der Waals surface area contributed by atoms with Crippen molar-refractivity contribution in [1.29, 1.82) is 0 Å². The molecule has 0 fully saturated rings. The summed E-state index contributed by atoms with van der Waals surface area (Å²) < 4.78 is 5.14. The maximum Gasteiger partial charge on any atom is 0.115 e. The van der Waals surface area contributed by atoms with E-state index in [1.165, 1.54) is 23.4 Å². The standard InChI is InChI=1S/C16H19ClN2OS/c1-20-9-8-18-15(11-4-2-5-12(17)10-11)16-19-13-6-3-7-14(13)21-16/h2,4-5,10,15,18H,3,6-9H2,1H3. The fourth-order valence-electron chi connectivity index (χ4n) is 2.67. The van der Waals surface area contributed by atoms with Crippen molar-refractivity contribution in [2.75, 3.05) is 20.3 Å². The zero-order valence-electron chi connectivity index (χ0n) is 12.1. The van der Waals surface area contributed by atoms with E-state index in [1.807, 2.05) is 29.5 Å². The molecule has 5 heteroatoms. The molecule has 3 rings (SSSR count). The molecule has 1 aliphatic carbocycles. The first-order chi connectivity index (χ1) is 10.3. The molecule has 1 heterocycles. The third-order valence-electron chi connectivity index (χ3n) is 3.70. The number of benzene rings is 1. The third kappa shape index (κ3) is 3.46. The van der Waals surface area contributed by atoms with Crippen LogP contribution in [0, 0.1) is 0 Å². The largest absolute Gasteiger partial charge is 0.383 e. The first-order valence-electron chi connectivity index (χ1n) is 7.24. The van der Waals surface area contributed by atoms with E-state index in [4.69, 9.17) is 21.3 Å². The van der Waals surface area contributed by atoms with Crippen LogP contribution in [0.2, 0.25) is 5.02 Å². The van der Waals surface area contributed by atoms with Gasteiger partial charge >= 0.3 is 0 Å². The minimum atomic E-state index is 0.0921. The second-order valence-electron chi connectivity index (χ2n) is 5.21. The predicted molar refractivity (Wildman–Crippen MR) is 87.3 cm³/mol. The minimum absolute atomic E-state index is 0.0921. The van der Waals surface area contributed by atoms with Gasteiger partial charge in [-0.05, 0) is 37.0 Å². The Morgan fingerprint density at radius 1 is 1.43 bits per heavy atom. The molecule has 21 heavy (non-hydrogen) atoms. The fraction of sp³-hybridized carbons (Fsp3) is 0.438. The number of thiazole rings is 1. The Labute approximate surface area is 134 Å². The smallest absolute Gasteiger partial charge is 0.115 e. The van der Waals surface area contributed by atoms with Crippen molar-refractivity contribution in [2.24, 2.45) is 0 Å². The Bertz CT molecular complexity index is 593. The summed E-state index contributed by atoms with van der Waals surface area (Å²) in [6, 6.07) is 8.10. The number of halogens is 1. The quantitative estimate of drug-likeness (QED) is 0.825. The normalized spacial score (nSPS) is 15.1. The highest BCUT2D eigenvalue weighted by Gasteiger charge is 2.23. The summed E-state index contributed by atoms with van der Waals surface area (Å²) in [5, 5.41) is 5.43. The predicted octanol–water partition coefficient (Wildman–Crippen LogP) is 3.61. The number of nitrogens with zero attached hydrogens (tertiary/aromatic N) is 1. The van der Waals surface area contributed by atoms with Gasteiger partial charge < -0.3 is 10.1 Å². The molecule has 1 N–H and O–H groups in total. The molecule has 0 bridgehead atoms. The molecule has 0 aliphatic heterocycles. The van der Waals surface area contributed by atoms with Gasteiger partial charge in [0.2, 0.25) is 0 Å². The maximum absolute atomic E-state index is 6.14. The molecular weight excluding hydrogens is 304 g/mol. The van der Waals surface area contributed by atoms with Gasteiger partial charge in [-0.15, -0.1) is 11.3 Å². The number of hydrogen-bond donors (Lipinski definition) is 1. The zero-order chi connectivity index (χ0) is 14.7. The second-order valence-corrected chi connectivity index (χ2v) is 6.76. The summed E-state index contributed by atoms with van der Waals surface area (Å²) in [6.45, 7) is 1.47. The number of aromatic nitrogens is 1. The van der Waals surface area contributed by atoms with Crippen molar-refractivity contribution in [3.05, 3.63) is 50.4 Å². The van der Waals surface area contributed by atoms with E-state index in [0.717, 1.165) is 28.6 Å². The van der Waals surface area contributed by atoms with Gasteiger partial charge in [0.25, 0.3) is 0 Å². The van der Waals surface area contributed by atoms with Gasteiger partial charge in [-0.25, -0.2) is 4.98 Å². The lowest BCUT2D eigenvalue weighted by atomic mass is 10.1. The average Bonchev–Trinajstić information content (AvgIpc) is 3.05. The highest BCUT2D eigenvalue weighted by molar-refractivity contribution is 7.11. The molecule has 2 aromatic rings. The monoisotopic (exact) mass is 322 g/mol. The SMILES string of the molecule is COCCNC(c1cccc(Cl)c1)c1nc2c(s1)CCC2. The number of rotatable bonds is 6. The third-order valence-corrected chi connectivity index (χ3v) is 5.15. The fourth-order valence-corrected chi connectivity index (χ4v) is 4.13. The zero-order valence-corrected chi connectivity index (χ0v) is 13.6. The highest BCUT2D eigenvalue weighted by Crippen LogP contribution is 2.33. The molecule has 1 aromatic carbocycles. The summed E-state index contributed by atoms with van der Waals surface area (Å²) in [7, 11) is 1.72. The Hall–Kier alpha value is -0.940. The lowest BCUT2D eigenvalue weighted by Crippen LogP contribution is -2.26. The van der Waals surface area contributed by atoms with Crippen LogP contribution in [0.4, 0.5) is 0 Å². The molecule has 0 saturated heterocycles. The van der Waals surface area contributed by atoms with Crippen LogP contribution in [0.3, 0.4) is 0 Å². The second kappa shape index (κ2) is 6.88. The van der Waals surface area contributed by atoms with E-state index in [1.54, 1.807) is 7.11 Å². The molecule has 1 atom stereocenters. The lowest BCUT2D eigenvalue weighted by molar-refractivity contribution is 0.197. The Morgan fingerprint density at radius 2 is 2.33 bits per heavy atom. The number of methoxy groups -OCH3 is 1. The molecular formula is C16H19ClN2OS. The lowest BCUT2D eigenvalue weighted by Gasteiger charge is -2.17. The summed E-state index contributed by atoms with van der Waals surface area (Å²) in [6.07, 6.45) is 3.53. The maximum atomic E-state index is 6.14. The first kappa shape index (κ1) is 15.0. The van der Waals surface area contributed by atoms with Crippen LogP contribution < -0.4 is 5.32 Å². The van der Waals surface area contributed by atoms with Crippen molar-refractivity contribution in [1.82, 2.24) is 10.3 Å². The molecule has 1 aliphatic rings. The number of aryl methyl sites for hydroxylation is 2. The summed E-state index contributed by atoms with van der Waals surface area (Å²) >= 11 is 7.97. The van der Waals surface area contributed by atoms with Gasteiger partial charge in [-0.3, -0.25) is 0 Å². The molecule has 112 valence electrons. The Kier molecular flexibility index (Phi) is 4.91.